The van der Waals surface area contributed by atoms with Crippen molar-refractivity contribution in [1.29, 1.82) is 0 Å². The Labute approximate surface area is 61.7 Å². The van der Waals surface area contributed by atoms with E-state index in [9.17, 15) is 0 Å². The second-order valence-corrected chi connectivity index (χ2v) is 3.65. The molecule has 1 heterocycles. The lowest BCUT2D eigenvalue weighted by Gasteiger charge is -2.50. The van der Waals surface area contributed by atoms with Gasteiger partial charge in [-0.15, -0.1) is 0 Å². The summed E-state index contributed by atoms with van der Waals surface area (Å²) in [7, 11) is 0. The summed E-state index contributed by atoms with van der Waals surface area (Å²) in [6.45, 7) is 2.81. The molecule has 0 aromatic carbocycles. The molecule has 2 rings (SSSR count). The molecule has 2 fully saturated rings. The van der Waals surface area contributed by atoms with Crippen molar-refractivity contribution in [3.05, 3.63) is 0 Å². The van der Waals surface area contributed by atoms with Gasteiger partial charge in [0, 0.05) is 5.92 Å². The Morgan fingerprint density at radius 2 is 2.10 bits per heavy atom. The molecule has 2 aliphatic rings. The summed E-state index contributed by atoms with van der Waals surface area (Å²) in [5.74, 6) is 0.797. The van der Waals surface area contributed by atoms with Crippen LogP contribution in [-0.2, 0) is 4.74 Å². The Morgan fingerprint density at radius 1 is 1.40 bits per heavy atom. The van der Waals surface area contributed by atoms with E-state index < -0.39 is 0 Å². The van der Waals surface area contributed by atoms with Crippen LogP contribution in [-0.4, -0.2) is 19.8 Å². The molecule has 0 radical (unpaired) electrons. The van der Waals surface area contributed by atoms with Crippen LogP contribution in [0.15, 0.2) is 0 Å². The van der Waals surface area contributed by atoms with E-state index in [1.165, 1.54) is 19.3 Å². The second-order valence-electron chi connectivity index (χ2n) is 3.65. The van der Waals surface area contributed by atoms with Crippen molar-refractivity contribution in [2.24, 2.45) is 17.1 Å². The van der Waals surface area contributed by atoms with Crippen LogP contribution in [0.5, 0.6) is 0 Å². The highest BCUT2D eigenvalue weighted by atomic mass is 16.5. The van der Waals surface area contributed by atoms with Crippen LogP contribution in [0, 0.1) is 11.3 Å². The third-order valence-electron chi connectivity index (χ3n) is 3.26. The minimum Gasteiger partial charge on any atom is -0.381 e. The van der Waals surface area contributed by atoms with Gasteiger partial charge in [-0.1, -0.05) is 6.42 Å². The lowest BCUT2D eigenvalue weighted by atomic mass is 9.60. The lowest BCUT2D eigenvalue weighted by molar-refractivity contribution is -0.124. The molecule has 2 N–H and O–H groups in total. The minimum absolute atomic E-state index is 0.512. The summed E-state index contributed by atoms with van der Waals surface area (Å²) >= 11 is 0. The highest BCUT2D eigenvalue weighted by Gasteiger charge is 2.45. The Balaban J connectivity index is 1.96. The van der Waals surface area contributed by atoms with Gasteiger partial charge < -0.3 is 10.5 Å². The van der Waals surface area contributed by atoms with Crippen LogP contribution < -0.4 is 5.73 Å². The molecule has 1 aliphatic carbocycles. The monoisotopic (exact) mass is 141 g/mol. The third-order valence-corrected chi connectivity index (χ3v) is 3.26. The Morgan fingerprint density at radius 3 is 2.20 bits per heavy atom. The van der Waals surface area contributed by atoms with Crippen molar-refractivity contribution in [1.82, 2.24) is 0 Å². The Bertz CT molecular complexity index is 122. The highest BCUT2D eigenvalue weighted by Crippen LogP contribution is 2.48. The maximum Gasteiger partial charge on any atom is 0.0522 e. The van der Waals surface area contributed by atoms with Gasteiger partial charge in [-0.25, -0.2) is 0 Å². The summed E-state index contributed by atoms with van der Waals surface area (Å²) in [6.07, 6.45) is 4.07. The van der Waals surface area contributed by atoms with Gasteiger partial charge in [0.2, 0.25) is 0 Å². The first-order chi connectivity index (χ1) is 4.87. The van der Waals surface area contributed by atoms with E-state index in [1.54, 1.807) is 0 Å². The molecule has 0 unspecified atom stereocenters. The molecular weight excluding hydrogens is 126 g/mol. The Kier molecular flexibility index (Phi) is 1.46. The van der Waals surface area contributed by atoms with Crippen molar-refractivity contribution in [3.8, 4) is 0 Å². The van der Waals surface area contributed by atoms with Gasteiger partial charge in [0.1, 0.15) is 0 Å². The first-order valence-electron chi connectivity index (χ1n) is 4.15. The van der Waals surface area contributed by atoms with Gasteiger partial charge >= 0.3 is 0 Å². The van der Waals surface area contributed by atoms with E-state index in [0.717, 1.165) is 25.7 Å². The van der Waals surface area contributed by atoms with Crippen molar-refractivity contribution in [2.45, 2.75) is 19.3 Å². The number of rotatable bonds is 2. The van der Waals surface area contributed by atoms with Crippen LogP contribution in [0.25, 0.3) is 0 Å². The molecular formula is C8H15NO. The predicted molar refractivity (Wildman–Crippen MR) is 39.6 cm³/mol. The summed E-state index contributed by atoms with van der Waals surface area (Å²) < 4.78 is 5.16. The number of nitrogens with two attached hydrogens (primary N) is 1. The van der Waals surface area contributed by atoms with Crippen LogP contribution in [0.4, 0.5) is 0 Å². The molecule has 0 spiro atoms. The fourth-order valence-corrected chi connectivity index (χ4v) is 2.00. The second kappa shape index (κ2) is 2.21. The molecule has 1 aliphatic heterocycles. The van der Waals surface area contributed by atoms with E-state index in [1.807, 2.05) is 0 Å². The summed E-state index contributed by atoms with van der Waals surface area (Å²) in [6, 6.07) is 0. The lowest BCUT2D eigenvalue weighted by Crippen LogP contribution is -2.51. The topological polar surface area (TPSA) is 35.2 Å². The SMILES string of the molecule is NCC1(C2COC2)CCC1. The summed E-state index contributed by atoms with van der Waals surface area (Å²) in [5.41, 5.74) is 6.24. The van der Waals surface area contributed by atoms with Crippen molar-refractivity contribution in [3.63, 3.8) is 0 Å². The standard InChI is InChI=1S/C8H15NO/c9-6-8(2-1-3-8)7-4-10-5-7/h7H,1-6,9H2. The van der Waals surface area contributed by atoms with Crippen molar-refractivity contribution < 1.29 is 4.74 Å². The van der Waals surface area contributed by atoms with E-state index >= 15 is 0 Å². The average molecular weight is 141 g/mol. The molecule has 2 nitrogen and oxygen atoms in total. The largest absolute Gasteiger partial charge is 0.381 e. The van der Waals surface area contributed by atoms with Gasteiger partial charge in [0.05, 0.1) is 13.2 Å². The molecule has 0 aromatic heterocycles. The number of hydrogen-bond donors (Lipinski definition) is 1. The zero-order chi connectivity index (χ0) is 7.03. The summed E-state index contributed by atoms with van der Waals surface area (Å²) in [4.78, 5) is 0. The molecule has 2 heteroatoms. The zero-order valence-corrected chi connectivity index (χ0v) is 6.31. The first-order valence-corrected chi connectivity index (χ1v) is 4.15. The van der Waals surface area contributed by atoms with E-state index in [2.05, 4.69) is 0 Å². The molecule has 0 bridgehead atoms. The van der Waals surface area contributed by atoms with E-state index in [-0.39, 0.29) is 0 Å². The van der Waals surface area contributed by atoms with Crippen LogP contribution in [0.2, 0.25) is 0 Å². The molecule has 0 aromatic rings. The molecule has 0 amide bonds. The third kappa shape index (κ3) is 0.722. The zero-order valence-electron chi connectivity index (χ0n) is 6.31. The molecule has 1 saturated carbocycles. The maximum absolute atomic E-state index is 5.72. The molecule has 58 valence electrons. The quantitative estimate of drug-likeness (QED) is 0.616. The van der Waals surface area contributed by atoms with Gasteiger partial charge in [-0.3, -0.25) is 0 Å². The van der Waals surface area contributed by atoms with Crippen molar-refractivity contribution >= 4 is 0 Å². The number of hydrogen-bond acceptors (Lipinski definition) is 2. The molecule has 0 atom stereocenters. The molecule has 10 heavy (non-hydrogen) atoms. The normalized spacial score (nSPS) is 30.9. The van der Waals surface area contributed by atoms with Gasteiger partial charge in [0.25, 0.3) is 0 Å². The van der Waals surface area contributed by atoms with Crippen LogP contribution in [0.1, 0.15) is 19.3 Å². The first kappa shape index (κ1) is 6.62. The summed E-state index contributed by atoms with van der Waals surface area (Å²) in [5, 5.41) is 0. The number of ether oxygens (including phenoxy) is 1. The highest BCUT2D eigenvalue weighted by molar-refractivity contribution is 4.96. The van der Waals surface area contributed by atoms with Crippen LogP contribution in [0.3, 0.4) is 0 Å². The van der Waals surface area contributed by atoms with Gasteiger partial charge in [-0.2, -0.15) is 0 Å². The van der Waals surface area contributed by atoms with Crippen LogP contribution >= 0.6 is 0 Å². The van der Waals surface area contributed by atoms with Gasteiger partial charge in [-0.05, 0) is 24.8 Å². The minimum atomic E-state index is 0.512. The van der Waals surface area contributed by atoms with E-state index in [4.69, 9.17) is 10.5 Å². The fourth-order valence-electron chi connectivity index (χ4n) is 2.00. The van der Waals surface area contributed by atoms with Gasteiger partial charge in [0.15, 0.2) is 0 Å². The average Bonchev–Trinajstić information content (AvgIpc) is 1.73. The fraction of sp³-hybridized carbons (Fsp3) is 1.00. The maximum atomic E-state index is 5.72. The predicted octanol–water partition coefficient (Wildman–Crippen LogP) is 0.762. The smallest absolute Gasteiger partial charge is 0.0522 e. The van der Waals surface area contributed by atoms with Crippen molar-refractivity contribution in [2.75, 3.05) is 19.8 Å². The Hall–Kier alpha value is -0.0800. The molecule has 1 saturated heterocycles. The van der Waals surface area contributed by atoms with E-state index in [0.29, 0.717) is 5.41 Å².